The topological polar surface area (TPSA) is 76.4 Å². The van der Waals surface area contributed by atoms with Crippen LogP contribution in [0.25, 0.3) is 0 Å². The van der Waals surface area contributed by atoms with Crippen molar-refractivity contribution in [1.29, 1.82) is 5.26 Å². The summed E-state index contributed by atoms with van der Waals surface area (Å²) >= 11 is 5.42. The van der Waals surface area contributed by atoms with E-state index in [4.69, 9.17) is 23.0 Å². The lowest BCUT2D eigenvalue weighted by molar-refractivity contribution is -0.137. The van der Waals surface area contributed by atoms with E-state index in [1.807, 2.05) is 0 Å². The Morgan fingerprint density at radius 3 is 2.52 bits per heavy atom. The van der Waals surface area contributed by atoms with Crippen molar-refractivity contribution in [3.63, 3.8) is 0 Å². The molecule has 1 N–H and O–H groups in total. The van der Waals surface area contributed by atoms with E-state index in [0.717, 1.165) is 11.0 Å². The maximum absolute atomic E-state index is 13.5. The number of halogens is 3. The largest absolute Gasteiger partial charge is 0.417 e. The summed E-state index contributed by atoms with van der Waals surface area (Å²) in [6, 6.07) is 7.64. The van der Waals surface area contributed by atoms with Crippen molar-refractivity contribution in [1.82, 2.24) is 5.32 Å². The van der Waals surface area contributed by atoms with E-state index < -0.39 is 41.6 Å². The van der Waals surface area contributed by atoms with Crippen LogP contribution in [-0.4, -0.2) is 29.4 Å². The molecule has 1 heterocycles. The van der Waals surface area contributed by atoms with Crippen LogP contribution >= 0.6 is 12.2 Å². The Bertz CT molecular complexity index is 1290. The van der Waals surface area contributed by atoms with Crippen molar-refractivity contribution in [3.05, 3.63) is 59.1 Å². The number of hydrogen-bond donors (Lipinski definition) is 1. The predicted octanol–water partition coefficient (Wildman–Crippen LogP) is 3.85. The quantitative estimate of drug-likeness (QED) is 0.719. The zero-order chi connectivity index (χ0) is 26.5. The number of anilines is 2. The molecule has 1 aliphatic heterocycles. The van der Waals surface area contributed by atoms with Crippen LogP contribution in [0.2, 0.25) is 0 Å². The van der Waals surface area contributed by atoms with Gasteiger partial charge in [-0.2, -0.15) is 18.4 Å². The summed E-state index contributed by atoms with van der Waals surface area (Å²) < 4.78 is 69.9. The van der Waals surface area contributed by atoms with Crippen LogP contribution in [0.1, 0.15) is 40.8 Å². The molecule has 6 nitrogen and oxygen atoms in total. The van der Waals surface area contributed by atoms with Crippen molar-refractivity contribution >= 4 is 40.5 Å². The highest BCUT2D eigenvalue weighted by molar-refractivity contribution is 7.81. The lowest BCUT2D eigenvalue weighted by Crippen LogP contribution is -2.44. The predicted molar refractivity (Wildman–Crippen MR) is 113 cm³/mol. The van der Waals surface area contributed by atoms with Crippen molar-refractivity contribution in [2.24, 2.45) is 0 Å². The fourth-order valence-corrected chi connectivity index (χ4v) is 3.75. The second kappa shape index (κ2) is 7.67. The molecule has 0 aliphatic carbocycles. The fourth-order valence-electron chi connectivity index (χ4n) is 3.22. The van der Waals surface area contributed by atoms with Gasteiger partial charge >= 0.3 is 6.18 Å². The molecule has 0 spiro atoms. The number of benzene rings is 2. The first kappa shape index (κ1) is 17.3. The highest BCUT2D eigenvalue weighted by Crippen LogP contribution is 2.39. The Labute approximate surface area is 187 Å². The average molecular weight is 450 g/mol. The van der Waals surface area contributed by atoms with E-state index >= 15 is 0 Å². The first-order valence-corrected chi connectivity index (χ1v) is 9.13. The summed E-state index contributed by atoms with van der Waals surface area (Å²) in [4.78, 5) is 27.6. The lowest BCUT2D eigenvalue weighted by Gasteiger charge is -2.29. The molecule has 0 atom stereocenters. The Morgan fingerprint density at radius 2 is 1.94 bits per heavy atom. The first-order chi connectivity index (χ1) is 16.0. The summed E-state index contributed by atoms with van der Waals surface area (Å²) in [7, 11) is 0. The molecule has 3 rings (SSSR count). The number of alkyl halides is 3. The summed E-state index contributed by atoms with van der Waals surface area (Å²) in [6.07, 6.45) is -4.84. The smallest absolute Gasteiger partial charge is 0.355 e. The zero-order valence-electron chi connectivity index (χ0n) is 20.2. The summed E-state index contributed by atoms with van der Waals surface area (Å²) in [5.41, 5.74) is -3.46. The Kier molecular flexibility index (Phi) is 4.27. The van der Waals surface area contributed by atoms with Gasteiger partial charge in [-0.05, 0) is 68.5 Å². The molecule has 160 valence electrons. The van der Waals surface area contributed by atoms with Gasteiger partial charge in [0.15, 0.2) is 5.11 Å². The van der Waals surface area contributed by atoms with E-state index in [9.17, 15) is 22.8 Å². The monoisotopic (exact) mass is 450 g/mol. The van der Waals surface area contributed by atoms with Crippen LogP contribution < -0.4 is 15.1 Å². The molecular formula is C21H17F3N4O2S. The summed E-state index contributed by atoms with van der Waals surface area (Å²) in [6.45, 7) is 0.202. The van der Waals surface area contributed by atoms with Crippen LogP contribution in [0, 0.1) is 11.3 Å². The zero-order valence-corrected chi connectivity index (χ0v) is 17.0. The Hall–Kier alpha value is -3.45. The molecular weight excluding hydrogens is 429 g/mol. The number of hydrogen-bond acceptors (Lipinski definition) is 4. The maximum atomic E-state index is 13.5. The van der Waals surface area contributed by atoms with Gasteiger partial charge in [0.1, 0.15) is 5.54 Å². The van der Waals surface area contributed by atoms with Gasteiger partial charge < -0.3 is 10.2 Å². The number of amides is 2. The van der Waals surface area contributed by atoms with Gasteiger partial charge in [-0.1, -0.05) is 0 Å². The highest BCUT2D eigenvalue weighted by Gasteiger charge is 2.50. The van der Waals surface area contributed by atoms with Crippen molar-refractivity contribution in [3.8, 4) is 6.07 Å². The molecule has 0 unspecified atom stereocenters. The van der Waals surface area contributed by atoms with Crippen LogP contribution in [0.15, 0.2) is 42.4 Å². The van der Waals surface area contributed by atoms with E-state index in [1.165, 1.54) is 49.1 Å². The van der Waals surface area contributed by atoms with Gasteiger partial charge in [-0.25, -0.2) is 0 Å². The molecule has 0 bridgehead atoms. The number of nitrogens with one attached hydrogen (secondary N) is 1. The molecule has 1 fully saturated rings. The second-order valence-corrected chi connectivity index (χ2v) is 7.44. The fraction of sp³-hybridized carbons (Fsp3) is 0.238. The SMILES string of the molecule is [2H]c1cc(N2C(=S)N(c3ccc(C#N)c(C(F)(F)F)c3)C(=O)C2(C)C)ccc1C(=O)NC([2H])([2H])[2H]. The first-order valence-electron chi connectivity index (χ1n) is 10.7. The van der Waals surface area contributed by atoms with Gasteiger partial charge in [0.05, 0.1) is 24.3 Å². The maximum Gasteiger partial charge on any atom is 0.417 e. The normalized spacial score (nSPS) is 18.1. The molecule has 0 saturated carbocycles. The van der Waals surface area contributed by atoms with Gasteiger partial charge in [0.25, 0.3) is 11.8 Å². The summed E-state index contributed by atoms with van der Waals surface area (Å²) in [5.74, 6) is -1.66. The third kappa shape index (κ3) is 3.72. The highest BCUT2D eigenvalue weighted by atomic mass is 32.1. The van der Waals surface area contributed by atoms with E-state index in [0.29, 0.717) is 6.07 Å². The van der Waals surface area contributed by atoms with Crippen LogP contribution in [0.5, 0.6) is 0 Å². The average Bonchev–Trinajstić information content (AvgIpc) is 2.89. The third-order valence-corrected chi connectivity index (χ3v) is 5.13. The molecule has 2 amide bonds. The number of nitriles is 1. The Balaban J connectivity index is 2.04. The third-order valence-electron chi connectivity index (χ3n) is 4.77. The molecule has 1 aliphatic rings. The molecule has 0 radical (unpaired) electrons. The minimum absolute atomic E-state index is 0.183. The molecule has 2 aromatic carbocycles. The molecule has 31 heavy (non-hydrogen) atoms. The van der Waals surface area contributed by atoms with E-state index in [-0.39, 0.29) is 28.1 Å². The van der Waals surface area contributed by atoms with Gasteiger partial charge in [-0.3, -0.25) is 14.5 Å². The minimum atomic E-state index is -4.84. The number of nitrogens with zero attached hydrogens (tertiary/aromatic N) is 3. The number of rotatable bonds is 3. The Morgan fingerprint density at radius 1 is 1.26 bits per heavy atom. The summed E-state index contributed by atoms with van der Waals surface area (Å²) in [5, 5.41) is 10.6. The van der Waals surface area contributed by atoms with Gasteiger partial charge in [-0.15, -0.1) is 0 Å². The number of thiocarbonyl (C=S) groups is 1. The van der Waals surface area contributed by atoms with Crippen LogP contribution in [0.3, 0.4) is 0 Å². The van der Waals surface area contributed by atoms with Gasteiger partial charge in [0.2, 0.25) is 0 Å². The van der Waals surface area contributed by atoms with Crippen LogP contribution in [-0.2, 0) is 11.0 Å². The van der Waals surface area contributed by atoms with Crippen LogP contribution in [0.4, 0.5) is 24.5 Å². The van der Waals surface area contributed by atoms with Crippen molar-refractivity contribution in [2.45, 2.75) is 25.6 Å². The number of carbonyl (C=O) groups is 2. The van der Waals surface area contributed by atoms with Gasteiger partial charge in [0, 0.05) is 22.3 Å². The minimum Gasteiger partial charge on any atom is -0.355 e. The molecule has 1 saturated heterocycles. The second-order valence-electron chi connectivity index (χ2n) is 7.07. The van der Waals surface area contributed by atoms with Crippen molar-refractivity contribution < 1.29 is 28.2 Å². The van der Waals surface area contributed by atoms with Crippen molar-refractivity contribution in [2.75, 3.05) is 16.8 Å². The lowest BCUT2D eigenvalue weighted by atomic mass is 10.0. The molecule has 2 aromatic rings. The molecule has 10 heteroatoms. The standard InChI is InChI=1S/C21H17F3N4O2S/c1-20(2)18(30)27(15-9-6-13(11-25)16(10-15)21(22,23)24)19(31)28(20)14-7-4-12(5-8-14)17(29)26-3/h4-10H,1-3H3,(H,26,29)/i3D3,4D. The van der Waals surface area contributed by atoms with E-state index in [1.54, 1.807) is 5.32 Å². The molecule has 0 aromatic heterocycles. The van der Waals surface area contributed by atoms with E-state index in [2.05, 4.69) is 0 Å². The number of carbonyl (C=O) groups excluding carboxylic acids is 2.